The maximum Gasteiger partial charge on any atom is 0.0975 e. The van der Waals surface area contributed by atoms with Gasteiger partial charge in [-0.25, -0.2) is 0 Å². The second-order valence-electron chi connectivity index (χ2n) is 6.37. The van der Waals surface area contributed by atoms with Crippen LogP contribution in [-0.2, 0) is 4.74 Å². The molecule has 1 aliphatic heterocycles. The minimum atomic E-state index is 0.197. The van der Waals surface area contributed by atoms with Gasteiger partial charge in [0, 0.05) is 18.0 Å². The summed E-state index contributed by atoms with van der Waals surface area (Å²) in [7, 11) is 0. The molecule has 1 saturated carbocycles. The van der Waals surface area contributed by atoms with Crippen LogP contribution in [0.2, 0.25) is 0 Å². The van der Waals surface area contributed by atoms with E-state index < -0.39 is 0 Å². The molecule has 1 N–H and O–H groups in total. The van der Waals surface area contributed by atoms with E-state index in [1.807, 2.05) is 0 Å². The van der Waals surface area contributed by atoms with Crippen LogP contribution in [-0.4, -0.2) is 19.2 Å². The molecule has 1 saturated heterocycles. The number of hydrogen-bond donors (Lipinski definition) is 1. The Morgan fingerprint density at radius 3 is 2.58 bits per heavy atom. The molecule has 2 unspecified atom stereocenters. The fraction of sp³-hybridized carbons (Fsp3) is 0.647. The molecule has 2 fully saturated rings. The number of hydrogen-bond acceptors (Lipinski definition) is 2. The lowest BCUT2D eigenvalue weighted by molar-refractivity contribution is -0.0104. The Morgan fingerprint density at radius 2 is 1.84 bits per heavy atom. The second-order valence-corrected chi connectivity index (χ2v) is 6.37. The summed E-state index contributed by atoms with van der Waals surface area (Å²) in [6, 6.07) is 11.0. The Kier molecular flexibility index (Phi) is 3.90. The van der Waals surface area contributed by atoms with Gasteiger partial charge in [-0.05, 0) is 25.3 Å². The summed E-state index contributed by atoms with van der Waals surface area (Å²) in [5, 5.41) is 3.73. The first kappa shape index (κ1) is 13.1. The molecular formula is C17H25NO. The van der Waals surface area contributed by atoms with Gasteiger partial charge in [-0.15, -0.1) is 0 Å². The van der Waals surface area contributed by atoms with Gasteiger partial charge in [0.05, 0.1) is 12.7 Å². The van der Waals surface area contributed by atoms with Gasteiger partial charge in [0.2, 0.25) is 0 Å². The van der Waals surface area contributed by atoms with E-state index in [4.69, 9.17) is 4.74 Å². The van der Waals surface area contributed by atoms with Crippen molar-refractivity contribution in [3.8, 4) is 0 Å². The molecule has 1 heterocycles. The lowest BCUT2D eigenvalue weighted by Gasteiger charge is -2.35. The van der Waals surface area contributed by atoms with E-state index in [9.17, 15) is 0 Å². The van der Waals surface area contributed by atoms with E-state index >= 15 is 0 Å². The summed E-state index contributed by atoms with van der Waals surface area (Å²) in [6.45, 7) is 4.29. The molecule has 2 nitrogen and oxygen atoms in total. The van der Waals surface area contributed by atoms with Gasteiger partial charge in [-0.2, -0.15) is 0 Å². The molecule has 0 radical (unpaired) electrons. The van der Waals surface area contributed by atoms with E-state index in [-0.39, 0.29) is 6.10 Å². The Hall–Kier alpha value is -0.860. The zero-order chi connectivity index (χ0) is 13.1. The van der Waals surface area contributed by atoms with Gasteiger partial charge in [0.1, 0.15) is 0 Å². The highest BCUT2D eigenvalue weighted by Gasteiger charge is 2.37. The number of benzene rings is 1. The third-order valence-electron chi connectivity index (χ3n) is 4.86. The molecule has 2 aliphatic rings. The molecule has 1 aliphatic carbocycles. The van der Waals surface area contributed by atoms with Crippen molar-refractivity contribution in [1.82, 2.24) is 5.32 Å². The average molecular weight is 259 g/mol. The smallest absolute Gasteiger partial charge is 0.0975 e. The maximum absolute atomic E-state index is 6.33. The molecule has 3 rings (SSSR count). The molecule has 0 amide bonds. The zero-order valence-corrected chi connectivity index (χ0v) is 11.9. The second kappa shape index (κ2) is 5.64. The topological polar surface area (TPSA) is 21.3 Å². The first-order valence-electron chi connectivity index (χ1n) is 7.69. The largest absolute Gasteiger partial charge is 0.371 e. The predicted octanol–water partition coefficient (Wildman–Crippen LogP) is 3.69. The maximum atomic E-state index is 6.33. The molecule has 104 valence electrons. The highest BCUT2D eigenvalue weighted by molar-refractivity contribution is 5.19. The third kappa shape index (κ3) is 2.85. The molecule has 0 bridgehead atoms. The van der Waals surface area contributed by atoms with E-state index in [0.29, 0.717) is 11.5 Å². The standard InChI is InChI=1S/C17H25NO/c1-14-16(15-8-4-2-5-9-15)19-13-17(12-18-14)10-6-3-7-11-17/h2,4-5,8-9,14,16,18H,3,6-7,10-13H2,1H3. The van der Waals surface area contributed by atoms with Crippen LogP contribution in [0.25, 0.3) is 0 Å². The summed E-state index contributed by atoms with van der Waals surface area (Å²) in [5.41, 5.74) is 1.70. The minimum Gasteiger partial charge on any atom is -0.371 e. The van der Waals surface area contributed by atoms with Gasteiger partial charge in [-0.1, -0.05) is 49.6 Å². The Balaban J connectivity index is 1.75. The zero-order valence-electron chi connectivity index (χ0n) is 11.9. The average Bonchev–Trinajstić information content (AvgIpc) is 2.62. The van der Waals surface area contributed by atoms with Crippen LogP contribution in [0.4, 0.5) is 0 Å². The van der Waals surface area contributed by atoms with Crippen LogP contribution in [0.1, 0.15) is 50.7 Å². The van der Waals surface area contributed by atoms with E-state index in [1.165, 1.54) is 37.7 Å². The molecule has 0 aromatic heterocycles. The highest BCUT2D eigenvalue weighted by Crippen LogP contribution is 2.39. The lowest BCUT2D eigenvalue weighted by Crippen LogP contribution is -2.39. The van der Waals surface area contributed by atoms with E-state index in [2.05, 4.69) is 42.6 Å². The summed E-state index contributed by atoms with van der Waals surface area (Å²) in [5.74, 6) is 0. The van der Waals surface area contributed by atoms with Gasteiger partial charge in [0.25, 0.3) is 0 Å². The van der Waals surface area contributed by atoms with Crippen LogP contribution in [0, 0.1) is 5.41 Å². The van der Waals surface area contributed by atoms with Crippen LogP contribution in [0.5, 0.6) is 0 Å². The Labute approximate surface area is 116 Å². The van der Waals surface area contributed by atoms with Crippen molar-refractivity contribution < 1.29 is 4.74 Å². The Bertz CT molecular complexity index is 397. The van der Waals surface area contributed by atoms with Gasteiger partial charge >= 0.3 is 0 Å². The van der Waals surface area contributed by atoms with E-state index in [1.54, 1.807) is 0 Å². The van der Waals surface area contributed by atoms with Crippen molar-refractivity contribution >= 4 is 0 Å². The van der Waals surface area contributed by atoms with E-state index in [0.717, 1.165) is 13.2 Å². The number of nitrogens with one attached hydrogen (secondary N) is 1. The molecule has 1 spiro atoms. The first-order chi connectivity index (χ1) is 9.29. The van der Waals surface area contributed by atoms with Gasteiger partial charge < -0.3 is 10.1 Å². The summed E-state index contributed by atoms with van der Waals surface area (Å²) < 4.78 is 6.33. The van der Waals surface area contributed by atoms with Crippen molar-refractivity contribution in [3.63, 3.8) is 0 Å². The van der Waals surface area contributed by atoms with Crippen molar-refractivity contribution in [3.05, 3.63) is 35.9 Å². The first-order valence-corrected chi connectivity index (χ1v) is 7.69. The van der Waals surface area contributed by atoms with Crippen LogP contribution >= 0.6 is 0 Å². The third-order valence-corrected chi connectivity index (χ3v) is 4.86. The Morgan fingerprint density at radius 1 is 1.11 bits per heavy atom. The van der Waals surface area contributed by atoms with Crippen molar-refractivity contribution in [2.24, 2.45) is 5.41 Å². The van der Waals surface area contributed by atoms with Gasteiger partial charge in [-0.3, -0.25) is 0 Å². The van der Waals surface area contributed by atoms with Crippen LogP contribution in [0.15, 0.2) is 30.3 Å². The number of ether oxygens (including phenoxy) is 1. The monoisotopic (exact) mass is 259 g/mol. The molecule has 19 heavy (non-hydrogen) atoms. The van der Waals surface area contributed by atoms with Crippen molar-refractivity contribution in [2.45, 2.75) is 51.2 Å². The molecule has 2 atom stereocenters. The fourth-order valence-corrected chi connectivity index (χ4v) is 3.60. The normalized spacial score (nSPS) is 31.0. The summed E-state index contributed by atoms with van der Waals surface area (Å²) in [4.78, 5) is 0. The molecular weight excluding hydrogens is 234 g/mol. The summed E-state index contributed by atoms with van der Waals surface area (Å²) >= 11 is 0. The van der Waals surface area contributed by atoms with Gasteiger partial charge in [0.15, 0.2) is 0 Å². The number of rotatable bonds is 1. The highest BCUT2D eigenvalue weighted by atomic mass is 16.5. The van der Waals surface area contributed by atoms with Crippen molar-refractivity contribution in [1.29, 1.82) is 0 Å². The molecule has 1 aromatic carbocycles. The molecule has 1 aromatic rings. The summed E-state index contributed by atoms with van der Waals surface area (Å²) in [6.07, 6.45) is 7.00. The fourth-order valence-electron chi connectivity index (χ4n) is 3.60. The SMILES string of the molecule is CC1NCC2(CCCCC2)COC1c1ccccc1. The van der Waals surface area contributed by atoms with Crippen LogP contribution in [0.3, 0.4) is 0 Å². The minimum absolute atomic E-state index is 0.197. The van der Waals surface area contributed by atoms with Crippen LogP contribution < -0.4 is 5.32 Å². The lowest BCUT2D eigenvalue weighted by atomic mass is 9.74. The van der Waals surface area contributed by atoms with Crippen molar-refractivity contribution in [2.75, 3.05) is 13.2 Å². The molecule has 2 heteroatoms. The quantitative estimate of drug-likeness (QED) is 0.830. The predicted molar refractivity (Wildman–Crippen MR) is 78.1 cm³/mol.